The van der Waals surface area contributed by atoms with Crippen LogP contribution in [0.5, 0.6) is 0 Å². The first kappa shape index (κ1) is 14.2. The number of para-hydroxylation sites is 1. The van der Waals surface area contributed by atoms with Crippen molar-refractivity contribution in [3.63, 3.8) is 0 Å². The molecule has 3 nitrogen and oxygen atoms in total. The van der Waals surface area contributed by atoms with Crippen LogP contribution < -0.4 is 4.90 Å². The van der Waals surface area contributed by atoms with Gasteiger partial charge in [0.25, 0.3) is 0 Å². The highest BCUT2D eigenvalue weighted by Gasteiger charge is 2.66. The molecule has 1 unspecified atom stereocenters. The maximum absolute atomic E-state index is 9.31. The minimum Gasteiger partial charge on any atom is -0.371 e. The van der Waals surface area contributed by atoms with E-state index in [0.29, 0.717) is 12.1 Å². The van der Waals surface area contributed by atoms with Gasteiger partial charge in [0.1, 0.15) is 17.4 Å². The Balaban J connectivity index is 2.30. The lowest BCUT2D eigenvalue weighted by atomic mass is 10.2. The van der Waals surface area contributed by atoms with E-state index < -0.39 is 9.93 Å². The van der Waals surface area contributed by atoms with E-state index in [-0.39, 0.29) is 0 Å². The molecule has 1 aromatic carbocycles. The number of rotatable bonds is 4. The van der Waals surface area contributed by atoms with Crippen LogP contribution in [-0.2, 0) is 4.74 Å². The van der Waals surface area contributed by atoms with Gasteiger partial charge in [0.15, 0.2) is 4.33 Å². The highest BCUT2D eigenvalue weighted by molar-refractivity contribution is 6.52. The molecular weight excluding hydrogens is 283 g/mol. The first-order chi connectivity index (χ1) is 8.96. The van der Waals surface area contributed by atoms with Crippen LogP contribution in [0.15, 0.2) is 42.1 Å². The summed E-state index contributed by atoms with van der Waals surface area (Å²) in [5.74, 6) is 0. The highest BCUT2D eigenvalue weighted by Crippen LogP contribution is 2.60. The van der Waals surface area contributed by atoms with Crippen LogP contribution in [0.25, 0.3) is 0 Å². The molecule has 0 spiro atoms. The SMILES string of the molecule is COC1(/C=C(\C#N)N(C)c2ccccc2)CC1(Cl)Cl. The number of alkyl halides is 2. The Morgan fingerprint density at radius 1 is 1.42 bits per heavy atom. The van der Waals surface area contributed by atoms with Crippen LogP contribution in [0.2, 0.25) is 0 Å². The number of methoxy groups -OCH3 is 1. The van der Waals surface area contributed by atoms with Gasteiger partial charge in [0, 0.05) is 26.3 Å². The van der Waals surface area contributed by atoms with E-state index in [0.717, 1.165) is 5.69 Å². The Kier molecular flexibility index (Phi) is 3.78. The normalized spacial score (nSPS) is 24.7. The summed E-state index contributed by atoms with van der Waals surface area (Å²) in [7, 11) is 3.36. The Morgan fingerprint density at radius 2 is 2.00 bits per heavy atom. The number of ether oxygens (including phenoxy) is 1. The fourth-order valence-electron chi connectivity index (χ4n) is 1.94. The van der Waals surface area contributed by atoms with Crippen molar-refractivity contribution in [2.75, 3.05) is 19.1 Å². The predicted molar refractivity (Wildman–Crippen MR) is 77.3 cm³/mol. The number of halogens is 2. The number of benzene rings is 1. The minimum absolute atomic E-state index is 0.455. The zero-order chi connectivity index (χ0) is 14.1. The van der Waals surface area contributed by atoms with Crippen molar-refractivity contribution < 1.29 is 4.74 Å². The number of nitrogens with zero attached hydrogens (tertiary/aromatic N) is 2. The summed E-state index contributed by atoms with van der Waals surface area (Å²) >= 11 is 12.2. The molecule has 100 valence electrons. The van der Waals surface area contributed by atoms with Gasteiger partial charge < -0.3 is 9.64 Å². The standard InChI is InChI=1S/C14H14Cl2N2O/c1-18(11-6-4-3-5-7-11)12(9-17)8-13(19-2)10-14(13,15)16/h3-8H,10H2,1-2H3/b12-8+. The average molecular weight is 297 g/mol. The molecule has 1 aromatic rings. The van der Waals surface area contributed by atoms with Gasteiger partial charge in [-0.25, -0.2) is 0 Å². The topological polar surface area (TPSA) is 36.3 Å². The van der Waals surface area contributed by atoms with Gasteiger partial charge in [0.05, 0.1) is 0 Å². The Morgan fingerprint density at radius 3 is 2.42 bits per heavy atom. The van der Waals surface area contributed by atoms with E-state index in [1.807, 2.05) is 37.4 Å². The van der Waals surface area contributed by atoms with Gasteiger partial charge in [-0.1, -0.05) is 41.4 Å². The summed E-state index contributed by atoms with van der Waals surface area (Å²) in [5.41, 5.74) is 0.595. The van der Waals surface area contributed by atoms with Gasteiger partial charge in [-0.05, 0) is 18.2 Å². The molecule has 5 heteroatoms. The lowest BCUT2D eigenvalue weighted by Gasteiger charge is -2.20. The van der Waals surface area contributed by atoms with Crippen LogP contribution in [0, 0.1) is 11.3 Å². The molecule has 0 amide bonds. The van der Waals surface area contributed by atoms with Crippen molar-refractivity contribution in [1.29, 1.82) is 5.26 Å². The number of anilines is 1. The maximum Gasteiger partial charge on any atom is 0.153 e. The van der Waals surface area contributed by atoms with Gasteiger partial charge >= 0.3 is 0 Å². The largest absolute Gasteiger partial charge is 0.371 e. The predicted octanol–water partition coefficient (Wildman–Crippen LogP) is 3.49. The molecule has 0 aliphatic heterocycles. The van der Waals surface area contributed by atoms with E-state index in [1.165, 1.54) is 0 Å². The average Bonchev–Trinajstić information content (AvgIpc) is 2.98. The molecule has 1 aliphatic rings. The van der Waals surface area contributed by atoms with E-state index in [9.17, 15) is 5.26 Å². The van der Waals surface area contributed by atoms with Crippen molar-refractivity contribution in [3.8, 4) is 6.07 Å². The van der Waals surface area contributed by atoms with E-state index in [2.05, 4.69) is 6.07 Å². The van der Waals surface area contributed by atoms with Gasteiger partial charge in [-0.2, -0.15) is 5.26 Å². The van der Waals surface area contributed by atoms with Crippen LogP contribution in [0.1, 0.15) is 6.42 Å². The molecule has 1 saturated carbocycles. The fourth-order valence-corrected chi connectivity index (χ4v) is 2.60. The summed E-state index contributed by atoms with van der Waals surface area (Å²) in [4.78, 5) is 1.78. The molecule has 1 aliphatic carbocycles. The molecule has 1 fully saturated rings. The van der Waals surface area contributed by atoms with Crippen LogP contribution in [0.3, 0.4) is 0 Å². The van der Waals surface area contributed by atoms with E-state index >= 15 is 0 Å². The van der Waals surface area contributed by atoms with Crippen molar-refractivity contribution in [1.82, 2.24) is 0 Å². The second kappa shape index (κ2) is 5.05. The third-order valence-electron chi connectivity index (χ3n) is 3.33. The maximum atomic E-state index is 9.31. The third-order valence-corrected chi connectivity index (χ3v) is 4.24. The monoisotopic (exact) mass is 296 g/mol. The first-order valence-corrected chi connectivity index (χ1v) is 6.56. The van der Waals surface area contributed by atoms with E-state index in [4.69, 9.17) is 27.9 Å². The molecule has 2 rings (SSSR count). The number of nitriles is 1. The highest BCUT2D eigenvalue weighted by atomic mass is 35.5. The molecular formula is C14H14Cl2N2O. The van der Waals surface area contributed by atoms with Crippen molar-refractivity contribution >= 4 is 28.9 Å². The minimum atomic E-state index is -0.957. The van der Waals surface area contributed by atoms with Crippen molar-refractivity contribution in [3.05, 3.63) is 42.1 Å². The second-order valence-electron chi connectivity index (χ2n) is 4.51. The fraction of sp³-hybridized carbons (Fsp3) is 0.357. The second-order valence-corrected chi connectivity index (χ2v) is 5.99. The first-order valence-electron chi connectivity index (χ1n) is 5.80. The molecule has 0 aromatic heterocycles. The molecule has 0 radical (unpaired) electrons. The number of hydrogen-bond donors (Lipinski definition) is 0. The van der Waals surface area contributed by atoms with Crippen LogP contribution in [0.4, 0.5) is 5.69 Å². The van der Waals surface area contributed by atoms with E-state index in [1.54, 1.807) is 18.1 Å². The summed E-state index contributed by atoms with van der Waals surface area (Å²) in [6.07, 6.45) is 2.17. The number of hydrogen-bond acceptors (Lipinski definition) is 3. The van der Waals surface area contributed by atoms with Gasteiger partial charge in [-0.15, -0.1) is 0 Å². The zero-order valence-electron chi connectivity index (χ0n) is 10.7. The van der Waals surface area contributed by atoms with Crippen molar-refractivity contribution in [2.45, 2.75) is 16.4 Å². The van der Waals surface area contributed by atoms with Crippen molar-refractivity contribution in [2.24, 2.45) is 0 Å². The van der Waals surface area contributed by atoms with Crippen LogP contribution >= 0.6 is 23.2 Å². The molecule has 0 bridgehead atoms. The van der Waals surface area contributed by atoms with Crippen LogP contribution in [-0.4, -0.2) is 24.1 Å². The summed E-state index contributed by atoms with van der Waals surface area (Å²) in [6, 6.07) is 11.8. The molecule has 19 heavy (non-hydrogen) atoms. The number of allylic oxidation sites excluding steroid dienone is 1. The summed E-state index contributed by atoms with van der Waals surface area (Å²) in [5, 5.41) is 9.31. The molecule has 0 heterocycles. The zero-order valence-corrected chi connectivity index (χ0v) is 12.2. The quantitative estimate of drug-likeness (QED) is 0.630. The molecule has 0 N–H and O–H groups in total. The summed E-state index contributed by atoms with van der Waals surface area (Å²) in [6.45, 7) is 0. The molecule has 1 atom stereocenters. The Labute approximate surface area is 123 Å². The summed E-state index contributed by atoms with van der Waals surface area (Å²) < 4.78 is 4.41. The lowest BCUT2D eigenvalue weighted by Crippen LogP contribution is -2.22. The smallest absolute Gasteiger partial charge is 0.153 e. The third kappa shape index (κ3) is 2.57. The Bertz CT molecular complexity index is 536. The van der Waals surface area contributed by atoms with Gasteiger partial charge in [0.2, 0.25) is 0 Å². The van der Waals surface area contributed by atoms with Gasteiger partial charge in [-0.3, -0.25) is 0 Å². The molecule has 0 saturated heterocycles. The Hall–Kier alpha value is -1.21. The lowest BCUT2D eigenvalue weighted by molar-refractivity contribution is 0.118.